The van der Waals surface area contributed by atoms with E-state index in [1.807, 2.05) is 24.3 Å². The van der Waals surface area contributed by atoms with Gasteiger partial charge >= 0.3 is 5.97 Å². The first-order valence-corrected chi connectivity index (χ1v) is 11.1. The van der Waals surface area contributed by atoms with Gasteiger partial charge in [-0.1, -0.05) is 36.4 Å². The molecule has 0 fully saturated rings. The monoisotopic (exact) mass is 483 g/mol. The molecule has 36 heavy (non-hydrogen) atoms. The van der Waals surface area contributed by atoms with E-state index >= 15 is 0 Å². The smallest absolute Gasteiger partial charge is 0.344 e. The second-order valence-electron chi connectivity index (χ2n) is 7.94. The van der Waals surface area contributed by atoms with Crippen LogP contribution in [0.3, 0.4) is 0 Å². The molecule has 0 amide bonds. The highest BCUT2D eigenvalue weighted by atomic mass is 16.5. The maximum atomic E-state index is 13.5. The summed E-state index contributed by atoms with van der Waals surface area (Å²) in [6, 6.07) is 21.3. The van der Waals surface area contributed by atoms with Crippen LogP contribution < -0.4 is 15.0 Å². The zero-order valence-electron chi connectivity index (χ0n) is 19.4. The molecule has 2 heterocycles. The van der Waals surface area contributed by atoms with E-state index in [1.54, 1.807) is 48.5 Å². The molecule has 0 spiro atoms. The fraction of sp³-hybridized carbons (Fsp3) is 0.111. The van der Waals surface area contributed by atoms with Crippen molar-refractivity contribution >= 4 is 34.1 Å². The van der Waals surface area contributed by atoms with E-state index in [9.17, 15) is 14.7 Å². The molecule has 180 valence electrons. The minimum Gasteiger partial charge on any atom is -0.493 e. The molecule has 3 aromatic carbocycles. The van der Waals surface area contributed by atoms with Crippen molar-refractivity contribution in [2.45, 2.75) is 13.0 Å². The van der Waals surface area contributed by atoms with E-state index in [0.29, 0.717) is 33.6 Å². The molecule has 0 radical (unpaired) electrons. The highest BCUT2D eigenvalue weighted by molar-refractivity contribution is 5.87. The second-order valence-corrected chi connectivity index (χ2v) is 7.94. The van der Waals surface area contributed by atoms with Crippen LogP contribution in [0, 0.1) is 0 Å². The molecule has 0 aliphatic rings. The van der Waals surface area contributed by atoms with Crippen molar-refractivity contribution in [1.29, 1.82) is 0 Å². The van der Waals surface area contributed by atoms with Crippen LogP contribution in [0.4, 0.5) is 0 Å². The molecule has 5 aromatic rings. The van der Waals surface area contributed by atoms with Gasteiger partial charge in [0.1, 0.15) is 5.58 Å². The number of aliphatic carboxylic acids is 1. The van der Waals surface area contributed by atoms with Gasteiger partial charge < -0.3 is 19.0 Å². The number of para-hydroxylation sites is 3. The van der Waals surface area contributed by atoms with Gasteiger partial charge in [-0.3, -0.25) is 4.79 Å². The summed E-state index contributed by atoms with van der Waals surface area (Å²) in [5.41, 5.74) is 1.18. The molecule has 0 saturated carbocycles. The Hall–Kier alpha value is -4.92. The van der Waals surface area contributed by atoms with Crippen LogP contribution in [-0.4, -0.2) is 40.2 Å². The maximum Gasteiger partial charge on any atom is 0.344 e. The van der Waals surface area contributed by atoms with Gasteiger partial charge in [0.15, 0.2) is 23.4 Å². The molecule has 1 N–H and O–H groups in total. The minimum absolute atomic E-state index is 0.186. The molecule has 9 nitrogen and oxygen atoms in total. The van der Waals surface area contributed by atoms with Crippen molar-refractivity contribution in [3.8, 4) is 23.1 Å². The van der Waals surface area contributed by atoms with Gasteiger partial charge in [0.2, 0.25) is 5.82 Å². The van der Waals surface area contributed by atoms with E-state index in [2.05, 4.69) is 10.1 Å². The fourth-order valence-electron chi connectivity index (χ4n) is 3.75. The lowest BCUT2D eigenvalue weighted by molar-refractivity contribution is -0.144. The maximum absolute atomic E-state index is 13.5. The lowest BCUT2D eigenvalue weighted by Crippen LogP contribution is -2.24. The van der Waals surface area contributed by atoms with E-state index in [0.717, 1.165) is 10.1 Å². The summed E-state index contributed by atoms with van der Waals surface area (Å²) in [7, 11) is 1.45. The number of carboxylic acids is 1. The van der Waals surface area contributed by atoms with E-state index < -0.39 is 17.6 Å². The summed E-state index contributed by atoms with van der Waals surface area (Å²) in [6.45, 7) is 1.41. The van der Waals surface area contributed by atoms with Gasteiger partial charge in [0, 0.05) is 10.9 Å². The predicted molar refractivity (Wildman–Crippen MR) is 135 cm³/mol. The summed E-state index contributed by atoms with van der Waals surface area (Å²) in [4.78, 5) is 29.5. The standard InChI is InChI=1S/C27H21N3O6/c1-16(27(32)33)35-24-18(9-7-13-22(24)34-2)15-28-30-25(23-14-17-8-3-6-12-21(17)36-23)29-20-11-5-4-10-19(20)26(30)31/h3-16H,1-2H3,(H,32,33)/t16-/m1/s1. The van der Waals surface area contributed by atoms with Crippen LogP contribution in [0.15, 0.2) is 87.1 Å². The number of hydrogen-bond donors (Lipinski definition) is 1. The number of methoxy groups -OCH3 is 1. The molecule has 9 heteroatoms. The Balaban J connectivity index is 1.68. The van der Waals surface area contributed by atoms with Gasteiger partial charge in [-0.05, 0) is 43.3 Å². The number of carboxylic acid groups (broad SMARTS) is 1. The zero-order chi connectivity index (χ0) is 25.2. The largest absolute Gasteiger partial charge is 0.493 e. The Labute approximate surface area is 204 Å². The third-order valence-corrected chi connectivity index (χ3v) is 5.58. The molecule has 1 atom stereocenters. The summed E-state index contributed by atoms with van der Waals surface area (Å²) in [5, 5.41) is 15.0. The number of hydrogen-bond acceptors (Lipinski definition) is 7. The third kappa shape index (κ3) is 4.18. The second kappa shape index (κ2) is 9.38. The van der Waals surface area contributed by atoms with Crippen LogP contribution in [0.2, 0.25) is 0 Å². The average Bonchev–Trinajstić information content (AvgIpc) is 3.33. The van der Waals surface area contributed by atoms with Gasteiger partial charge in [0.05, 0.1) is 24.2 Å². The van der Waals surface area contributed by atoms with Crippen molar-refractivity contribution in [3.05, 3.63) is 88.7 Å². The van der Waals surface area contributed by atoms with Crippen molar-refractivity contribution in [1.82, 2.24) is 9.66 Å². The van der Waals surface area contributed by atoms with Gasteiger partial charge in [-0.2, -0.15) is 9.78 Å². The van der Waals surface area contributed by atoms with Gasteiger partial charge in [-0.15, -0.1) is 0 Å². The first-order valence-electron chi connectivity index (χ1n) is 11.1. The zero-order valence-corrected chi connectivity index (χ0v) is 19.4. The van der Waals surface area contributed by atoms with Crippen LogP contribution in [0.5, 0.6) is 11.5 Å². The number of rotatable bonds is 7. The van der Waals surface area contributed by atoms with Crippen LogP contribution >= 0.6 is 0 Å². The molecule has 0 aliphatic carbocycles. The number of ether oxygens (including phenoxy) is 2. The molecular formula is C27H21N3O6. The minimum atomic E-state index is -1.13. The normalized spacial score (nSPS) is 12.3. The Morgan fingerprint density at radius 2 is 1.89 bits per heavy atom. The first-order chi connectivity index (χ1) is 17.5. The Bertz CT molecular complexity index is 1650. The average molecular weight is 483 g/mol. The van der Waals surface area contributed by atoms with Gasteiger partial charge in [0.25, 0.3) is 5.56 Å². The quantitative estimate of drug-likeness (QED) is 0.338. The Morgan fingerprint density at radius 3 is 2.67 bits per heavy atom. The van der Waals surface area contributed by atoms with Crippen molar-refractivity contribution in [2.24, 2.45) is 5.10 Å². The van der Waals surface area contributed by atoms with Crippen LogP contribution in [0.25, 0.3) is 33.5 Å². The number of aromatic nitrogens is 2. The summed E-state index contributed by atoms with van der Waals surface area (Å²) in [6.07, 6.45) is 0.265. The lowest BCUT2D eigenvalue weighted by atomic mass is 10.2. The fourth-order valence-corrected chi connectivity index (χ4v) is 3.75. The Kier molecular flexibility index (Phi) is 5.95. The SMILES string of the molecule is COc1cccc(C=Nn2c(-c3cc4ccccc4o3)nc3ccccc3c2=O)c1O[C@H](C)C(=O)O. The van der Waals surface area contributed by atoms with E-state index in [4.69, 9.17) is 13.9 Å². The summed E-state index contributed by atoms with van der Waals surface area (Å²) in [5.74, 6) is -0.0292. The number of nitrogens with zero attached hydrogens (tertiary/aromatic N) is 3. The number of carbonyl (C=O) groups is 1. The highest BCUT2D eigenvalue weighted by Gasteiger charge is 2.19. The molecular weight excluding hydrogens is 462 g/mol. The molecule has 5 rings (SSSR count). The van der Waals surface area contributed by atoms with Crippen molar-refractivity contribution < 1.29 is 23.8 Å². The third-order valence-electron chi connectivity index (χ3n) is 5.58. The number of furan rings is 1. The lowest BCUT2D eigenvalue weighted by Gasteiger charge is -2.16. The summed E-state index contributed by atoms with van der Waals surface area (Å²) >= 11 is 0. The predicted octanol–water partition coefficient (Wildman–Crippen LogP) is 4.55. The van der Waals surface area contributed by atoms with E-state index in [1.165, 1.54) is 20.2 Å². The number of fused-ring (bicyclic) bond motifs is 2. The van der Waals surface area contributed by atoms with Crippen LogP contribution in [-0.2, 0) is 4.79 Å². The van der Waals surface area contributed by atoms with E-state index in [-0.39, 0.29) is 11.6 Å². The molecule has 0 saturated heterocycles. The molecule has 0 bridgehead atoms. The summed E-state index contributed by atoms with van der Waals surface area (Å²) < 4.78 is 18.1. The van der Waals surface area contributed by atoms with Crippen molar-refractivity contribution in [2.75, 3.05) is 7.11 Å². The van der Waals surface area contributed by atoms with Crippen LogP contribution in [0.1, 0.15) is 12.5 Å². The number of benzene rings is 3. The Morgan fingerprint density at radius 1 is 1.11 bits per heavy atom. The first kappa shape index (κ1) is 22.9. The molecule has 0 aliphatic heterocycles. The van der Waals surface area contributed by atoms with Gasteiger partial charge in [-0.25, -0.2) is 9.78 Å². The molecule has 2 aromatic heterocycles. The molecule has 0 unspecified atom stereocenters. The highest BCUT2D eigenvalue weighted by Crippen LogP contribution is 2.31. The van der Waals surface area contributed by atoms with Crippen molar-refractivity contribution in [3.63, 3.8) is 0 Å². The topological polar surface area (TPSA) is 116 Å².